The molecule has 0 saturated heterocycles. The van der Waals surface area contributed by atoms with Gasteiger partial charge in [-0.1, -0.05) is 6.07 Å². The van der Waals surface area contributed by atoms with E-state index in [4.69, 9.17) is 0 Å². The molecule has 3 aromatic rings. The smallest absolute Gasteiger partial charge is 0.175 e. The fourth-order valence-corrected chi connectivity index (χ4v) is 2.19. The third kappa shape index (κ3) is 3.72. The van der Waals surface area contributed by atoms with Crippen molar-refractivity contribution in [2.45, 2.75) is 19.9 Å². The summed E-state index contributed by atoms with van der Waals surface area (Å²) in [5, 5.41) is 0. The third-order valence-electron chi connectivity index (χ3n) is 3.40. The van der Waals surface area contributed by atoms with Gasteiger partial charge in [0.05, 0.1) is 0 Å². The van der Waals surface area contributed by atoms with Crippen molar-refractivity contribution in [3.63, 3.8) is 0 Å². The molecular formula is C18H18N3+. The molecule has 3 nitrogen and oxygen atoms in total. The van der Waals surface area contributed by atoms with Gasteiger partial charge in [-0.15, -0.1) is 0 Å². The molecule has 0 atom stereocenters. The van der Waals surface area contributed by atoms with E-state index in [9.17, 15) is 0 Å². The van der Waals surface area contributed by atoms with Crippen LogP contribution < -0.4 is 4.57 Å². The van der Waals surface area contributed by atoms with Crippen LogP contribution in [0.5, 0.6) is 0 Å². The van der Waals surface area contributed by atoms with Crippen molar-refractivity contribution in [1.29, 1.82) is 0 Å². The van der Waals surface area contributed by atoms with Gasteiger partial charge in [-0.05, 0) is 36.8 Å². The van der Waals surface area contributed by atoms with Gasteiger partial charge in [-0.2, -0.15) is 0 Å². The molecule has 0 aliphatic carbocycles. The molecule has 0 bridgehead atoms. The molecule has 0 aliphatic rings. The molecule has 0 spiro atoms. The second-order valence-electron chi connectivity index (χ2n) is 5.20. The molecule has 0 radical (unpaired) electrons. The monoisotopic (exact) mass is 276 g/mol. The van der Waals surface area contributed by atoms with E-state index in [1.54, 1.807) is 0 Å². The first kappa shape index (κ1) is 13.4. The number of pyridine rings is 3. The number of aryl methyl sites for hydroxylation is 1. The maximum absolute atomic E-state index is 4.53. The van der Waals surface area contributed by atoms with E-state index in [1.807, 2.05) is 30.6 Å². The van der Waals surface area contributed by atoms with E-state index in [0.717, 1.165) is 24.4 Å². The third-order valence-corrected chi connectivity index (χ3v) is 3.40. The lowest BCUT2D eigenvalue weighted by molar-refractivity contribution is -0.688. The van der Waals surface area contributed by atoms with Crippen LogP contribution in [0, 0.1) is 6.92 Å². The molecule has 21 heavy (non-hydrogen) atoms. The van der Waals surface area contributed by atoms with Gasteiger partial charge in [0.25, 0.3) is 0 Å². The molecule has 104 valence electrons. The van der Waals surface area contributed by atoms with Gasteiger partial charge in [-0.3, -0.25) is 9.97 Å². The van der Waals surface area contributed by atoms with Crippen LogP contribution in [0.15, 0.2) is 67.3 Å². The molecule has 0 unspecified atom stereocenters. The topological polar surface area (TPSA) is 29.7 Å². The molecule has 0 amide bonds. The lowest BCUT2D eigenvalue weighted by Gasteiger charge is -2.02. The zero-order valence-electron chi connectivity index (χ0n) is 12.1. The maximum atomic E-state index is 4.53. The van der Waals surface area contributed by atoms with Crippen LogP contribution in [0.3, 0.4) is 0 Å². The predicted octanol–water partition coefficient (Wildman–Crippen LogP) is 2.71. The average molecular weight is 276 g/mol. The zero-order valence-corrected chi connectivity index (χ0v) is 12.1. The van der Waals surface area contributed by atoms with Gasteiger partial charge in [0.1, 0.15) is 0 Å². The highest BCUT2D eigenvalue weighted by Crippen LogP contribution is 2.06. The molecular weight excluding hydrogens is 258 g/mol. The number of hydrogen-bond acceptors (Lipinski definition) is 2. The summed E-state index contributed by atoms with van der Waals surface area (Å²) in [5.74, 6) is 0. The molecule has 3 rings (SSSR count). The Kier molecular flexibility index (Phi) is 4.01. The Balaban J connectivity index is 1.68. The molecule has 3 heteroatoms. The van der Waals surface area contributed by atoms with E-state index in [1.165, 1.54) is 11.1 Å². The fraction of sp³-hybridized carbons (Fsp3) is 0.167. The van der Waals surface area contributed by atoms with Crippen LogP contribution >= 0.6 is 0 Å². The summed E-state index contributed by atoms with van der Waals surface area (Å²) < 4.78 is 2.16. The van der Waals surface area contributed by atoms with Crippen LogP contribution in [0.2, 0.25) is 0 Å². The highest BCUT2D eigenvalue weighted by atomic mass is 14.9. The van der Waals surface area contributed by atoms with Crippen molar-refractivity contribution in [2.75, 3.05) is 0 Å². The highest BCUT2D eigenvalue weighted by Gasteiger charge is 2.04. The first-order valence-corrected chi connectivity index (χ1v) is 7.09. The molecule has 0 N–H and O–H groups in total. The molecule has 3 heterocycles. The summed E-state index contributed by atoms with van der Waals surface area (Å²) in [6.07, 6.45) is 8.73. The van der Waals surface area contributed by atoms with Gasteiger partial charge < -0.3 is 0 Å². The Bertz CT molecular complexity index is 689. The van der Waals surface area contributed by atoms with Crippen molar-refractivity contribution < 1.29 is 4.57 Å². The summed E-state index contributed by atoms with van der Waals surface area (Å²) in [6.45, 7) is 2.94. The van der Waals surface area contributed by atoms with Gasteiger partial charge in [-0.25, -0.2) is 4.57 Å². The average Bonchev–Trinajstić information content (AvgIpc) is 2.53. The first-order valence-electron chi connectivity index (χ1n) is 7.09. The predicted molar refractivity (Wildman–Crippen MR) is 81.8 cm³/mol. The molecule has 0 aliphatic heterocycles. The van der Waals surface area contributed by atoms with Gasteiger partial charge in [0.2, 0.25) is 0 Å². The lowest BCUT2D eigenvalue weighted by Crippen LogP contribution is -2.33. The van der Waals surface area contributed by atoms with Crippen molar-refractivity contribution >= 4 is 0 Å². The SMILES string of the molecule is Cc1cc[n+](Cc2ccc(Cc3ccccn3)nc2)cc1. The molecule has 0 fully saturated rings. The summed E-state index contributed by atoms with van der Waals surface area (Å²) in [5.41, 5.74) is 4.57. The Morgan fingerprint density at radius 1 is 0.905 bits per heavy atom. The summed E-state index contributed by atoms with van der Waals surface area (Å²) in [4.78, 5) is 8.86. The lowest BCUT2D eigenvalue weighted by atomic mass is 10.2. The zero-order chi connectivity index (χ0) is 14.5. The van der Waals surface area contributed by atoms with E-state index in [-0.39, 0.29) is 0 Å². The molecule has 3 aromatic heterocycles. The van der Waals surface area contributed by atoms with E-state index >= 15 is 0 Å². The van der Waals surface area contributed by atoms with Gasteiger partial charge in [0, 0.05) is 47.9 Å². The van der Waals surface area contributed by atoms with Crippen LogP contribution in [0.25, 0.3) is 0 Å². The van der Waals surface area contributed by atoms with Gasteiger partial charge >= 0.3 is 0 Å². The second kappa shape index (κ2) is 6.27. The van der Waals surface area contributed by atoms with Crippen molar-refractivity contribution in [3.05, 3.63) is 89.8 Å². The first-order chi connectivity index (χ1) is 10.3. The van der Waals surface area contributed by atoms with Crippen molar-refractivity contribution in [3.8, 4) is 0 Å². The van der Waals surface area contributed by atoms with E-state index < -0.39 is 0 Å². The van der Waals surface area contributed by atoms with Crippen molar-refractivity contribution in [2.24, 2.45) is 0 Å². The number of aromatic nitrogens is 3. The Morgan fingerprint density at radius 2 is 1.71 bits per heavy atom. The Hall–Kier alpha value is -2.55. The number of nitrogens with zero attached hydrogens (tertiary/aromatic N) is 3. The standard InChI is InChI=1S/C18H18N3/c1-15-7-10-21(11-8-15)14-16-5-6-18(20-13-16)12-17-4-2-3-9-19-17/h2-11,13H,12,14H2,1H3/q+1. The summed E-state index contributed by atoms with van der Waals surface area (Å²) in [7, 11) is 0. The van der Waals surface area contributed by atoms with Crippen LogP contribution in [-0.2, 0) is 13.0 Å². The van der Waals surface area contributed by atoms with Crippen LogP contribution in [0.1, 0.15) is 22.5 Å². The van der Waals surface area contributed by atoms with Crippen LogP contribution in [-0.4, -0.2) is 9.97 Å². The minimum Gasteiger partial charge on any atom is -0.261 e. The van der Waals surface area contributed by atoms with E-state index in [2.05, 4.69) is 58.1 Å². The minimum atomic E-state index is 0.777. The van der Waals surface area contributed by atoms with Crippen molar-refractivity contribution in [1.82, 2.24) is 9.97 Å². The Morgan fingerprint density at radius 3 is 2.38 bits per heavy atom. The molecule has 0 saturated carbocycles. The molecule has 0 aromatic carbocycles. The highest BCUT2D eigenvalue weighted by molar-refractivity contribution is 5.18. The number of rotatable bonds is 4. The van der Waals surface area contributed by atoms with Gasteiger partial charge in [0.15, 0.2) is 18.9 Å². The quantitative estimate of drug-likeness (QED) is 0.686. The minimum absolute atomic E-state index is 0.777. The largest absolute Gasteiger partial charge is 0.261 e. The maximum Gasteiger partial charge on any atom is 0.175 e. The van der Waals surface area contributed by atoms with E-state index in [0.29, 0.717) is 0 Å². The van der Waals surface area contributed by atoms with Crippen LogP contribution in [0.4, 0.5) is 0 Å². The number of hydrogen-bond donors (Lipinski definition) is 0. The fourth-order valence-electron chi connectivity index (χ4n) is 2.19. The Labute approximate surface area is 125 Å². The summed E-state index contributed by atoms with van der Waals surface area (Å²) in [6, 6.07) is 14.4. The summed E-state index contributed by atoms with van der Waals surface area (Å²) >= 11 is 0. The second-order valence-corrected chi connectivity index (χ2v) is 5.20. The normalized spacial score (nSPS) is 10.5.